The maximum atomic E-state index is 12.6. The molecule has 0 radical (unpaired) electrons. The second kappa shape index (κ2) is 8.68. The molecular formula is C20H30N2O3. The summed E-state index contributed by atoms with van der Waals surface area (Å²) < 4.78 is 5.14. The molecule has 0 aromatic heterocycles. The zero-order valence-corrected chi connectivity index (χ0v) is 15.2. The Labute approximate surface area is 150 Å². The van der Waals surface area contributed by atoms with Gasteiger partial charge < -0.3 is 14.7 Å². The van der Waals surface area contributed by atoms with E-state index in [2.05, 4.69) is 4.90 Å². The number of aliphatic hydroxyl groups is 1. The van der Waals surface area contributed by atoms with Gasteiger partial charge in [-0.15, -0.1) is 0 Å². The summed E-state index contributed by atoms with van der Waals surface area (Å²) in [7, 11) is 1.62. The van der Waals surface area contributed by atoms with Crippen LogP contribution in [-0.4, -0.2) is 66.8 Å². The Morgan fingerprint density at radius 2 is 1.80 bits per heavy atom. The van der Waals surface area contributed by atoms with Gasteiger partial charge in [0.2, 0.25) is 0 Å². The Kier molecular flexibility index (Phi) is 6.32. The number of aliphatic hydroxyl groups excluding tert-OH is 1. The van der Waals surface area contributed by atoms with Crippen LogP contribution in [0.1, 0.15) is 42.5 Å². The van der Waals surface area contributed by atoms with Gasteiger partial charge in [-0.25, -0.2) is 0 Å². The molecule has 1 atom stereocenters. The van der Waals surface area contributed by atoms with E-state index in [0.717, 1.165) is 44.9 Å². The number of rotatable bonds is 6. The van der Waals surface area contributed by atoms with Crippen molar-refractivity contribution in [3.05, 3.63) is 29.8 Å². The first-order valence-electron chi connectivity index (χ1n) is 9.49. The van der Waals surface area contributed by atoms with E-state index in [1.165, 1.54) is 25.7 Å². The minimum Gasteiger partial charge on any atom is -0.497 e. The molecule has 1 heterocycles. The van der Waals surface area contributed by atoms with Crippen molar-refractivity contribution in [2.75, 3.05) is 39.8 Å². The number of hydrogen-bond acceptors (Lipinski definition) is 4. The van der Waals surface area contributed by atoms with Gasteiger partial charge in [-0.3, -0.25) is 9.69 Å². The summed E-state index contributed by atoms with van der Waals surface area (Å²) in [5.41, 5.74) is 0.704. The fourth-order valence-corrected chi connectivity index (χ4v) is 4.05. The molecule has 1 N–H and O–H groups in total. The van der Waals surface area contributed by atoms with Crippen LogP contribution in [0.5, 0.6) is 5.75 Å². The molecule has 2 fully saturated rings. The molecular weight excluding hydrogens is 316 g/mol. The zero-order valence-electron chi connectivity index (χ0n) is 15.2. The third-order valence-corrected chi connectivity index (χ3v) is 5.55. The number of benzene rings is 1. The summed E-state index contributed by atoms with van der Waals surface area (Å²) in [5.74, 6) is 1.55. The van der Waals surface area contributed by atoms with Gasteiger partial charge in [-0.05, 0) is 36.6 Å². The largest absolute Gasteiger partial charge is 0.497 e. The van der Waals surface area contributed by atoms with Gasteiger partial charge in [-0.1, -0.05) is 25.7 Å². The lowest BCUT2D eigenvalue weighted by Crippen LogP contribution is -2.50. The molecule has 1 saturated heterocycles. The van der Waals surface area contributed by atoms with Crippen LogP contribution in [0.15, 0.2) is 24.3 Å². The Morgan fingerprint density at radius 3 is 2.40 bits per heavy atom. The van der Waals surface area contributed by atoms with Crippen molar-refractivity contribution in [2.45, 2.75) is 38.2 Å². The van der Waals surface area contributed by atoms with Crippen LogP contribution < -0.4 is 4.74 Å². The van der Waals surface area contributed by atoms with E-state index in [0.29, 0.717) is 11.5 Å². The Hall–Kier alpha value is -1.59. The lowest BCUT2D eigenvalue weighted by molar-refractivity contribution is 0.0482. The molecule has 0 bridgehead atoms. The van der Waals surface area contributed by atoms with Gasteiger partial charge in [0.1, 0.15) is 5.75 Å². The predicted molar refractivity (Wildman–Crippen MR) is 97.9 cm³/mol. The van der Waals surface area contributed by atoms with Crippen molar-refractivity contribution >= 4 is 5.91 Å². The number of β-amino-alcohol motifs (C(OH)–C–C–N with tert-alkyl or cyclic N) is 1. The molecule has 1 amide bonds. The van der Waals surface area contributed by atoms with Gasteiger partial charge in [0, 0.05) is 38.3 Å². The van der Waals surface area contributed by atoms with Crippen molar-refractivity contribution in [3.63, 3.8) is 0 Å². The fraction of sp³-hybridized carbons (Fsp3) is 0.650. The maximum absolute atomic E-state index is 12.6. The molecule has 2 aliphatic rings. The molecule has 1 saturated carbocycles. The molecule has 3 rings (SSSR count). The highest BCUT2D eigenvalue weighted by atomic mass is 16.5. The molecule has 0 unspecified atom stereocenters. The van der Waals surface area contributed by atoms with Crippen LogP contribution >= 0.6 is 0 Å². The van der Waals surface area contributed by atoms with Crippen LogP contribution in [0, 0.1) is 5.92 Å². The van der Waals surface area contributed by atoms with E-state index in [-0.39, 0.29) is 12.0 Å². The topological polar surface area (TPSA) is 53.0 Å². The average Bonchev–Trinajstić information content (AvgIpc) is 3.14. The second-order valence-corrected chi connectivity index (χ2v) is 7.36. The molecule has 25 heavy (non-hydrogen) atoms. The molecule has 138 valence electrons. The van der Waals surface area contributed by atoms with Crippen molar-refractivity contribution in [1.82, 2.24) is 9.80 Å². The Balaban J connectivity index is 1.43. The first-order valence-corrected chi connectivity index (χ1v) is 9.49. The van der Waals surface area contributed by atoms with Gasteiger partial charge in [0.25, 0.3) is 5.91 Å². The van der Waals surface area contributed by atoms with E-state index in [9.17, 15) is 9.90 Å². The number of amides is 1. The van der Waals surface area contributed by atoms with Crippen LogP contribution in [0.25, 0.3) is 0 Å². The first kappa shape index (κ1) is 18.2. The van der Waals surface area contributed by atoms with E-state index < -0.39 is 0 Å². The highest BCUT2D eigenvalue weighted by Gasteiger charge is 2.25. The summed E-state index contributed by atoms with van der Waals surface area (Å²) in [4.78, 5) is 16.8. The van der Waals surface area contributed by atoms with Crippen molar-refractivity contribution in [1.29, 1.82) is 0 Å². The van der Waals surface area contributed by atoms with Gasteiger partial charge in [0.15, 0.2) is 0 Å². The highest BCUT2D eigenvalue weighted by Crippen LogP contribution is 2.28. The third-order valence-electron chi connectivity index (χ3n) is 5.55. The summed E-state index contributed by atoms with van der Waals surface area (Å²) >= 11 is 0. The normalized spacial score (nSPS) is 20.6. The number of ether oxygens (including phenoxy) is 1. The van der Waals surface area contributed by atoms with E-state index in [1.807, 2.05) is 29.2 Å². The smallest absolute Gasteiger partial charge is 0.253 e. The Bertz CT molecular complexity index is 547. The molecule has 5 nitrogen and oxygen atoms in total. The Morgan fingerprint density at radius 1 is 1.16 bits per heavy atom. The van der Waals surface area contributed by atoms with Gasteiger partial charge in [-0.2, -0.15) is 0 Å². The summed E-state index contributed by atoms with van der Waals surface area (Å²) in [6, 6.07) is 7.28. The van der Waals surface area contributed by atoms with Crippen molar-refractivity contribution in [3.8, 4) is 5.75 Å². The van der Waals surface area contributed by atoms with Crippen molar-refractivity contribution < 1.29 is 14.6 Å². The number of nitrogens with zero attached hydrogens (tertiary/aromatic N) is 2. The van der Waals surface area contributed by atoms with Gasteiger partial charge in [0.05, 0.1) is 13.2 Å². The summed E-state index contributed by atoms with van der Waals surface area (Å²) in [6.45, 7) is 3.86. The van der Waals surface area contributed by atoms with E-state index >= 15 is 0 Å². The number of piperazine rings is 1. The average molecular weight is 346 g/mol. The number of hydrogen-bond donors (Lipinski definition) is 1. The van der Waals surface area contributed by atoms with E-state index in [4.69, 9.17) is 4.74 Å². The quantitative estimate of drug-likeness (QED) is 0.859. The minimum absolute atomic E-state index is 0.0776. The van der Waals surface area contributed by atoms with Crippen LogP contribution in [0.2, 0.25) is 0 Å². The zero-order chi connectivity index (χ0) is 17.6. The van der Waals surface area contributed by atoms with Crippen LogP contribution in [0.4, 0.5) is 0 Å². The van der Waals surface area contributed by atoms with E-state index in [1.54, 1.807) is 7.11 Å². The standard InChI is InChI=1S/C20H30N2O3/c1-25-19-8-6-17(7-9-19)20(24)22-12-10-21(11-13-22)15-18(23)14-16-4-2-3-5-16/h6-9,16,18,23H,2-5,10-15H2,1H3/t18-/m1/s1. The second-order valence-electron chi connectivity index (χ2n) is 7.36. The first-order chi connectivity index (χ1) is 12.2. The van der Waals surface area contributed by atoms with Crippen LogP contribution in [-0.2, 0) is 0 Å². The SMILES string of the molecule is COc1ccc(C(=O)N2CCN(C[C@H](O)CC3CCCC3)CC2)cc1. The monoisotopic (exact) mass is 346 g/mol. The number of methoxy groups -OCH3 is 1. The number of carbonyl (C=O) groups excluding carboxylic acids is 1. The molecule has 1 aromatic carbocycles. The lowest BCUT2D eigenvalue weighted by atomic mass is 9.99. The third kappa shape index (κ3) is 4.95. The van der Waals surface area contributed by atoms with Gasteiger partial charge >= 0.3 is 0 Å². The van der Waals surface area contributed by atoms with Crippen LogP contribution in [0.3, 0.4) is 0 Å². The summed E-state index contributed by atoms with van der Waals surface area (Å²) in [5, 5.41) is 10.3. The summed E-state index contributed by atoms with van der Waals surface area (Å²) in [6.07, 6.45) is 5.91. The number of carbonyl (C=O) groups is 1. The minimum atomic E-state index is -0.230. The molecule has 1 aliphatic heterocycles. The predicted octanol–water partition coefficient (Wildman–Crippen LogP) is 2.39. The molecule has 1 aliphatic carbocycles. The maximum Gasteiger partial charge on any atom is 0.253 e. The van der Waals surface area contributed by atoms with Crippen molar-refractivity contribution in [2.24, 2.45) is 5.92 Å². The highest BCUT2D eigenvalue weighted by molar-refractivity contribution is 5.94. The molecule has 5 heteroatoms. The molecule has 1 aromatic rings. The fourth-order valence-electron chi connectivity index (χ4n) is 4.05. The lowest BCUT2D eigenvalue weighted by Gasteiger charge is -2.36. The molecule has 0 spiro atoms.